The van der Waals surface area contributed by atoms with Gasteiger partial charge in [-0.3, -0.25) is 4.98 Å². The molecule has 0 aliphatic heterocycles. The van der Waals surface area contributed by atoms with Crippen LogP contribution in [0.4, 0.5) is 0 Å². The Morgan fingerprint density at radius 1 is 0.842 bits per heavy atom. The van der Waals surface area contributed by atoms with E-state index in [1.807, 2.05) is 12.4 Å². The second-order valence-corrected chi connectivity index (χ2v) is 11.3. The van der Waals surface area contributed by atoms with Crippen LogP contribution in [0.5, 0.6) is 0 Å². The summed E-state index contributed by atoms with van der Waals surface area (Å²) in [6, 6.07) is 17.5. The smallest absolute Gasteiger partial charge is 0.296 e. The summed E-state index contributed by atoms with van der Waals surface area (Å²) in [6.45, 7) is 15.7. The van der Waals surface area contributed by atoms with Crippen molar-refractivity contribution in [1.29, 1.82) is 0 Å². The first kappa shape index (κ1) is 24.4. The van der Waals surface area contributed by atoms with Gasteiger partial charge < -0.3 is 4.42 Å². The van der Waals surface area contributed by atoms with E-state index in [1.54, 1.807) is 0 Å². The molecule has 0 bridgehead atoms. The molecule has 0 saturated heterocycles. The van der Waals surface area contributed by atoms with E-state index >= 15 is 0 Å². The zero-order chi connectivity index (χ0) is 26.9. The van der Waals surface area contributed by atoms with E-state index in [1.165, 1.54) is 55.3 Å². The van der Waals surface area contributed by atoms with Crippen molar-refractivity contribution in [3.8, 4) is 17.1 Å². The van der Waals surface area contributed by atoms with Crippen LogP contribution in [0.25, 0.3) is 50.0 Å². The van der Waals surface area contributed by atoms with E-state index in [-0.39, 0.29) is 5.92 Å². The Morgan fingerprint density at radius 3 is 2.29 bits per heavy atom. The number of fused-ring (bicyclic) bond motifs is 4. The number of aromatic nitrogens is 3. The van der Waals surface area contributed by atoms with Gasteiger partial charge in [0.15, 0.2) is 11.0 Å². The molecule has 3 aromatic heterocycles. The molecule has 0 N–H and O–H groups in total. The quantitative estimate of drug-likeness (QED) is 0.226. The number of benzene rings is 3. The van der Waals surface area contributed by atoms with Crippen molar-refractivity contribution >= 4 is 33.0 Å². The van der Waals surface area contributed by atoms with Crippen molar-refractivity contribution in [1.82, 2.24) is 9.55 Å². The van der Waals surface area contributed by atoms with Crippen LogP contribution in [0.15, 0.2) is 65.3 Å². The Hall–Kier alpha value is -3.92. The van der Waals surface area contributed by atoms with Crippen molar-refractivity contribution in [2.24, 2.45) is 7.05 Å². The topological polar surface area (TPSA) is 34.8 Å². The van der Waals surface area contributed by atoms with E-state index in [0.29, 0.717) is 5.92 Å². The highest BCUT2D eigenvalue weighted by molar-refractivity contribution is 6.07. The standard InChI is InChI=1S/C34H36N3O/c1-19(2)25-17-26-24-11-9-10-12-30(24)38-33(26)31(20(3)4)32(25)37-29-16-23(7)22(6)15-28(29)36(8)34(37)27-18-35-14-13-21(27)5/h9-20H,1-8H3/q+1. The molecule has 0 atom stereocenters. The first-order valence-corrected chi connectivity index (χ1v) is 13.6. The van der Waals surface area contributed by atoms with Gasteiger partial charge in [-0.05, 0) is 79.6 Å². The minimum absolute atomic E-state index is 0.254. The fourth-order valence-electron chi connectivity index (χ4n) is 5.96. The molecule has 0 unspecified atom stereocenters. The second kappa shape index (κ2) is 8.83. The largest absolute Gasteiger partial charge is 0.456 e. The van der Waals surface area contributed by atoms with Gasteiger partial charge in [0.2, 0.25) is 0 Å². The van der Waals surface area contributed by atoms with Crippen molar-refractivity contribution in [3.05, 3.63) is 88.7 Å². The lowest BCUT2D eigenvalue weighted by Crippen LogP contribution is -2.30. The molecule has 3 aromatic carbocycles. The summed E-state index contributed by atoms with van der Waals surface area (Å²) in [5.41, 5.74) is 13.1. The lowest BCUT2D eigenvalue weighted by atomic mass is 9.89. The summed E-state index contributed by atoms with van der Waals surface area (Å²) in [4.78, 5) is 4.55. The highest BCUT2D eigenvalue weighted by Crippen LogP contribution is 2.44. The molecule has 192 valence electrons. The molecule has 0 aliphatic carbocycles. The molecule has 0 aliphatic rings. The van der Waals surface area contributed by atoms with E-state index in [4.69, 9.17) is 4.42 Å². The Kier molecular flexibility index (Phi) is 5.68. The average molecular weight is 503 g/mol. The maximum Gasteiger partial charge on any atom is 0.296 e. The molecule has 3 heterocycles. The summed E-state index contributed by atoms with van der Waals surface area (Å²) in [6.07, 6.45) is 3.88. The molecule has 38 heavy (non-hydrogen) atoms. The molecule has 6 aromatic rings. The van der Waals surface area contributed by atoms with Gasteiger partial charge in [-0.15, -0.1) is 0 Å². The van der Waals surface area contributed by atoms with Crippen molar-refractivity contribution in [2.75, 3.05) is 0 Å². The lowest BCUT2D eigenvalue weighted by molar-refractivity contribution is -0.633. The Balaban J connectivity index is 1.89. The van der Waals surface area contributed by atoms with E-state index in [0.717, 1.165) is 22.6 Å². The van der Waals surface area contributed by atoms with E-state index < -0.39 is 0 Å². The third-order valence-corrected chi connectivity index (χ3v) is 8.13. The Labute approximate surface area is 224 Å². The van der Waals surface area contributed by atoms with Crippen LogP contribution in [0.3, 0.4) is 0 Å². The number of pyridine rings is 1. The highest BCUT2D eigenvalue weighted by atomic mass is 16.3. The van der Waals surface area contributed by atoms with Crippen molar-refractivity contribution in [3.63, 3.8) is 0 Å². The van der Waals surface area contributed by atoms with Gasteiger partial charge >= 0.3 is 0 Å². The van der Waals surface area contributed by atoms with Crippen LogP contribution in [0.1, 0.15) is 67.3 Å². The predicted octanol–water partition coefficient (Wildman–Crippen LogP) is 8.59. The molecule has 4 nitrogen and oxygen atoms in total. The summed E-state index contributed by atoms with van der Waals surface area (Å²) in [7, 11) is 2.18. The third-order valence-electron chi connectivity index (χ3n) is 8.13. The molecular formula is C34H36N3O+. The normalized spacial score (nSPS) is 12.2. The minimum atomic E-state index is 0.254. The van der Waals surface area contributed by atoms with Crippen molar-refractivity contribution in [2.45, 2.75) is 60.3 Å². The number of hydrogen-bond donors (Lipinski definition) is 0. The molecule has 0 spiro atoms. The molecular weight excluding hydrogens is 466 g/mol. The summed E-state index contributed by atoms with van der Waals surface area (Å²) >= 11 is 0. The van der Waals surface area contributed by atoms with Crippen LogP contribution in [0.2, 0.25) is 0 Å². The van der Waals surface area contributed by atoms with Gasteiger partial charge in [-0.25, -0.2) is 4.57 Å². The van der Waals surface area contributed by atoms with Gasteiger partial charge in [0.05, 0.1) is 12.6 Å². The number of imidazole rings is 1. The number of rotatable bonds is 4. The van der Waals surface area contributed by atoms with E-state index in [9.17, 15) is 0 Å². The molecule has 0 fully saturated rings. The minimum Gasteiger partial charge on any atom is -0.456 e. The van der Waals surface area contributed by atoms with Gasteiger partial charge in [0.25, 0.3) is 5.82 Å². The molecule has 0 amide bonds. The number of hydrogen-bond acceptors (Lipinski definition) is 2. The second-order valence-electron chi connectivity index (χ2n) is 11.3. The fraction of sp³-hybridized carbons (Fsp3) is 0.294. The SMILES string of the molecule is Cc1cc2c(cc1C)[n+](C)c(-c1cnccc1C)n2-c1c(C(C)C)cc2c(oc3ccccc32)c1C(C)C. The van der Waals surface area contributed by atoms with Crippen LogP contribution < -0.4 is 4.57 Å². The molecule has 0 saturated carbocycles. The zero-order valence-corrected chi connectivity index (χ0v) is 23.7. The van der Waals surface area contributed by atoms with E-state index in [2.05, 4.69) is 118 Å². The monoisotopic (exact) mass is 502 g/mol. The highest BCUT2D eigenvalue weighted by Gasteiger charge is 2.34. The van der Waals surface area contributed by atoms with Crippen molar-refractivity contribution < 1.29 is 8.98 Å². The van der Waals surface area contributed by atoms with Crippen LogP contribution in [0, 0.1) is 20.8 Å². The molecule has 6 rings (SSSR count). The molecule has 0 radical (unpaired) electrons. The predicted molar refractivity (Wildman–Crippen MR) is 157 cm³/mol. The fourth-order valence-corrected chi connectivity index (χ4v) is 5.96. The zero-order valence-electron chi connectivity index (χ0n) is 23.7. The number of para-hydroxylation sites is 1. The maximum atomic E-state index is 6.64. The lowest BCUT2D eigenvalue weighted by Gasteiger charge is -2.19. The van der Waals surface area contributed by atoms with Crippen LogP contribution in [-0.2, 0) is 7.05 Å². The van der Waals surface area contributed by atoms with Crippen LogP contribution in [-0.4, -0.2) is 9.55 Å². The van der Waals surface area contributed by atoms with Gasteiger partial charge in [0.1, 0.15) is 16.9 Å². The average Bonchev–Trinajstić information content (AvgIpc) is 3.38. The van der Waals surface area contributed by atoms with Crippen LogP contribution >= 0.6 is 0 Å². The summed E-state index contributed by atoms with van der Waals surface area (Å²) < 4.78 is 11.5. The van der Waals surface area contributed by atoms with Gasteiger partial charge in [-0.2, -0.15) is 4.57 Å². The summed E-state index contributed by atoms with van der Waals surface area (Å²) in [5, 5.41) is 2.37. The Bertz CT molecular complexity index is 1870. The van der Waals surface area contributed by atoms with Gasteiger partial charge in [-0.1, -0.05) is 45.9 Å². The summed E-state index contributed by atoms with van der Waals surface area (Å²) in [5.74, 6) is 1.71. The Morgan fingerprint density at radius 2 is 1.58 bits per heavy atom. The van der Waals surface area contributed by atoms with Gasteiger partial charge in [0, 0.05) is 34.3 Å². The first-order valence-electron chi connectivity index (χ1n) is 13.6. The number of aryl methyl sites for hydroxylation is 4. The first-order chi connectivity index (χ1) is 18.2. The third kappa shape index (κ3) is 3.50. The maximum absolute atomic E-state index is 6.64. The number of nitrogens with zero attached hydrogens (tertiary/aromatic N) is 3. The number of furan rings is 1. The molecule has 4 heteroatoms.